The lowest BCUT2D eigenvalue weighted by Gasteiger charge is -2.13. The number of nitrogen functional groups attached to an aromatic ring is 1. The average Bonchev–Trinajstić information content (AvgIpc) is 3.31. The number of hydrogen-bond acceptors (Lipinski definition) is 5. The third-order valence-electron chi connectivity index (χ3n) is 6.52. The number of nitrogens with one attached hydrogen (secondary N) is 2. The summed E-state index contributed by atoms with van der Waals surface area (Å²) in [7, 11) is 0. The molecule has 0 aliphatic heterocycles. The van der Waals surface area contributed by atoms with Crippen molar-refractivity contribution < 1.29 is 9.90 Å². The average molecular weight is 530 g/mol. The first kappa shape index (κ1) is 24.0. The van der Waals surface area contributed by atoms with E-state index < -0.39 is 5.91 Å². The van der Waals surface area contributed by atoms with E-state index in [2.05, 4.69) is 26.4 Å². The van der Waals surface area contributed by atoms with E-state index in [-0.39, 0.29) is 17.0 Å². The number of aromatic nitrogens is 1. The van der Waals surface area contributed by atoms with Gasteiger partial charge in [-0.15, -0.1) is 11.5 Å². The van der Waals surface area contributed by atoms with Gasteiger partial charge >= 0.3 is 0 Å². The first-order valence-electron chi connectivity index (χ1n) is 12.0. The van der Waals surface area contributed by atoms with Crippen LogP contribution in [0.3, 0.4) is 0 Å². The van der Waals surface area contributed by atoms with Gasteiger partial charge in [-0.05, 0) is 66.0 Å². The van der Waals surface area contributed by atoms with E-state index in [1.54, 1.807) is 60.7 Å². The standard InChI is InChI=1S/C31H20ClN5O2/c1-2-17-5-3-4-6-25(17)35-31(39)24-15-18-7-13-22-23-16-19(32)8-14-26(23)34-28(22)27(18)29(30(24)38)37-36-21-11-9-20(33)10-12-21/h1,3-16,34,38H,33H2,(H,35,39). The van der Waals surface area contributed by atoms with Gasteiger partial charge in [0.1, 0.15) is 5.69 Å². The number of aromatic hydroxyl groups is 1. The second kappa shape index (κ2) is 9.53. The van der Waals surface area contributed by atoms with Gasteiger partial charge in [0.15, 0.2) is 5.75 Å². The number of phenols is 1. The Morgan fingerprint density at radius 2 is 1.77 bits per heavy atom. The highest BCUT2D eigenvalue weighted by Crippen LogP contribution is 2.44. The molecule has 0 saturated carbocycles. The SMILES string of the molecule is C#Cc1ccccc1NC(=O)c1cc2ccc3c4cc(Cl)ccc4[nH]c3c2c(N=Nc2ccc(N)cc2)c1O. The summed E-state index contributed by atoms with van der Waals surface area (Å²) in [6.45, 7) is 0. The predicted octanol–water partition coefficient (Wildman–Crippen LogP) is 8.06. The van der Waals surface area contributed by atoms with Crippen LogP contribution in [0, 0.1) is 12.3 Å². The third kappa shape index (κ3) is 4.29. The fraction of sp³-hybridized carbons (Fsp3) is 0. The van der Waals surface area contributed by atoms with Crippen molar-refractivity contribution in [2.45, 2.75) is 0 Å². The van der Waals surface area contributed by atoms with Crippen molar-refractivity contribution in [1.82, 2.24) is 4.98 Å². The van der Waals surface area contributed by atoms with E-state index in [1.807, 2.05) is 24.3 Å². The Morgan fingerprint density at radius 3 is 2.56 bits per heavy atom. The molecule has 1 amide bonds. The van der Waals surface area contributed by atoms with E-state index in [9.17, 15) is 9.90 Å². The van der Waals surface area contributed by atoms with Crippen LogP contribution < -0.4 is 11.1 Å². The largest absolute Gasteiger partial charge is 0.505 e. The number of H-pyrrole nitrogens is 1. The van der Waals surface area contributed by atoms with E-state index in [0.29, 0.717) is 38.4 Å². The van der Waals surface area contributed by atoms with Gasteiger partial charge < -0.3 is 21.1 Å². The molecular formula is C31H20ClN5O2. The molecule has 0 unspecified atom stereocenters. The fourth-order valence-corrected chi connectivity index (χ4v) is 4.80. The van der Waals surface area contributed by atoms with Crippen LogP contribution in [0.5, 0.6) is 5.75 Å². The highest BCUT2D eigenvalue weighted by Gasteiger charge is 2.22. The maximum absolute atomic E-state index is 13.4. The molecule has 0 atom stereocenters. The Labute approximate surface area is 227 Å². The number of nitrogens with zero attached hydrogens (tertiary/aromatic N) is 2. The number of anilines is 2. The molecule has 6 rings (SSSR count). The van der Waals surface area contributed by atoms with Gasteiger partial charge in [-0.25, -0.2) is 0 Å². The summed E-state index contributed by atoms with van der Waals surface area (Å²) in [5.41, 5.74) is 9.67. The second-order valence-corrected chi connectivity index (χ2v) is 9.39. The van der Waals surface area contributed by atoms with Crippen LogP contribution in [-0.4, -0.2) is 16.0 Å². The number of nitrogens with two attached hydrogens (primary N) is 1. The highest BCUT2D eigenvalue weighted by atomic mass is 35.5. The molecule has 7 nitrogen and oxygen atoms in total. The van der Waals surface area contributed by atoms with Crippen molar-refractivity contribution in [3.63, 3.8) is 0 Å². The van der Waals surface area contributed by atoms with Gasteiger partial charge in [-0.2, -0.15) is 5.11 Å². The number of carbonyl (C=O) groups is 1. The number of hydrogen-bond donors (Lipinski definition) is 4. The fourth-order valence-electron chi connectivity index (χ4n) is 4.63. The number of amides is 1. The van der Waals surface area contributed by atoms with Crippen molar-refractivity contribution in [3.8, 4) is 18.1 Å². The molecule has 5 N–H and O–H groups in total. The summed E-state index contributed by atoms with van der Waals surface area (Å²) in [5, 5.41) is 26.7. The maximum Gasteiger partial charge on any atom is 0.259 e. The summed E-state index contributed by atoms with van der Waals surface area (Å²) in [5.74, 6) is 1.70. The normalized spacial score (nSPS) is 11.4. The molecule has 0 saturated heterocycles. The second-order valence-electron chi connectivity index (χ2n) is 8.96. The molecule has 0 aliphatic carbocycles. The Morgan fingerprint density at radius 1 is 0.974 bits per heavy atom. The van der Waals surface area contributed by atoms with Gasteiger partial charge in [0.2, 0.25) is 0 Å². The topological polar surface area (TPSA) is 116 Å². The molecular weight excluding hydrogens is 510 g/mol. The summed E-state index contributed by atoms with van der Waals surface area (Å²) in [4.78, 5) is 16.8. The Kier molecular flexibility index (Phi) is 5.87. The Bertz CT molecular complexity index is 2000. The molecule has 0 fully saturated rings. The minimum absolute atomic E-state index is 0.0269. The molecule has 188 valence electrons. The van der Waals surface area contributed by atoms with E-state index in [1.165, 1.54) is 0 Å². The van der Waals surface area contributed by atoms with E-state index >= 15 is 0 Å². The molecule has 39 heavy (non-hydrogen) atoms. The van der Waals surface area contributed by atoms with Crippen molar-refractivity contribution in [1.29, 1.82) is 0 Å². The highest BCUT2D eigenvalue weighted by molar-refractivity contribution is 6.32. The van der Waals surface area contributed by atoms with Crippen LogP contribution in [0.15, 0.2) is 95.2 Å². The van der Waals surface area contributed by atoms with Crippen molar-refractivity contribution >= 4 is 72.8 Å². The Balaban J connectivity index is 1.58. The summed E-state index contributed by atoms with van der Waals surface area (Å²) < 4.78 is 0. The lowest BCUT2D eigenvalue weighted by Crippen LogP contribution is -2.13. The Hall–Kier alpha value is -5.32. The molecule has 1 aromatic heterocycles. The number of fused-ring (bicyclic) bond motifs is 5. The number of rotatable bonds is 4. The molecule has 1 heterocycles. The van der Waals surface area contributed by atoms with Gasteiger partial charge in [0.05, 0.1) is 22.5 Å². The van der Waals surface area contributed by atoms with Crippen molar-refractivity contribution in [3.05, 3.63) is 101 Å². The van der Waals surface area contributed by atoms with Gasteiger partial charge in [0.25, 0.3) is 5.91 Å². The van der Waals surface area contributed by atoms with E-state index in [4.69, 9.17) is 23.8 Å². The van der Waals surface area contributed by atoms with Crippen LogP contribution in [-0.2, 0) is 0 Å². The van der Waals surface area contributed by atoms with Gasteiger partial charge in [0, 0.05) is 37.9 Å². The third-order valence-corrected chi connectivity index (χ3v) is 6.75. The number of aromatic amines is 1. The zero-order valence-corrected chi connectivity index (χ0v) is 21.1. The summed E-state index contributed by atoms with van der Waals surface area (Å²) >= 11 is 6.27. The molecule has 6 aromatic rings. The first-order chi connectivity index (χ1) is 18.9. The lowest BCUT2D eigenvalue weighted by atomic mass is 10.00. The smallest absolute Gasteiger partial charge is 0.259 e. The predicted molar refractivity (Wildman–Crippen MR) is 157 cm³/mol. The minimum atomic E-state index is -0.537. The summed E-state index contributed by atoms with van der Waals surface area (Å²) in [6, 6.07) is 24.8. The van der Waals surface area contributed by atoms with Crippen molar-refractivity contribution in [2.24, 2.45) is 10.2 Å². The number of azo groups is 1. The molecule has 0 bridgehead atoms. The van der Waals surface area contributed by atoms with Crippen LogP contribution in [0.1, 0.15) is 15.9 Å². The first-order valence-corrected chi connectivity index (χ1v) is 12.3. The zero-order valence-electron chi connectivity index (χ0n) is 20.4. The molecule has 0 aliphatic rings. The maximum atomic E-state index is 13.4. The molecule has 8 heteroatoms. The quantitative estimate of drug-likeness (QED) is 0.105. The number of carbonyl (C=O) groups excluding carboxylic acids is 1. The van der Waals surface area contributed by atoms with Crippen LogP contribution in [0.2, 0.25) is 5.02 Å². The number of phenolic OH excluding ortho intramolecular Hbond substituents is 1. The van der Waals surface area contributed by atoms with Crippen LogP contribution >= 0.6 is 11.6 Å². The van der Waals surface area contributed by atoms with E-state index in [0.717, 1.165) is 21.8 Å². The minimum Gasteiger partial charge on any atom is -0.505 e. The van der Waals surface area contributed by atoms with Gasteiger partial charge in [-0.1, -0.05) is 41.8 Å². The number of terminal acetylenes is 1. The van der Waals surface area contributed by atoms with Crippen molar-refractivity contribution in [2.75, 3.05) is 11.1 Å². The molecule has 0 radical (unpaired) electrons. The number of benzene rings is 5. The van der Waals surface area contributed by atoms with Crippen LogP contribution in [0.25, 0.3) is 32.6 Å². The van der Waals surface area contributed by atoms with Crippen LogP contribution in [0.4, 0.5) is 22.7 Å². The number of halogens is 1. The van der Waals surface area contributed by atoms with Gasteiger partial charge in [-0.3, -0.25) is 4.79 Å². The molecule has 5 aromatic carbocycles. The molecule has 0 spiro atoms. The zero-order chi connectivity index (χ0) is 27.1. The number of para-hydroxylation sites is 1. The summed E-state index contributed by atoms with van der Waals surface area (Å²) in [6.07, 6.45) is 5.59. The lowest BCUT2D eigenvalue weighted by molar-refractivity contribution is 0.102. The monoisotopic (exact) mass is 529 g/mol.